The van der Waals surface area contributed by atoms with Gasteiger partial charge in [-0.3, -0.25) is 4.79 Å². The SMILES string of the molecule is CCNc1ccc(C(=O)c2ccccc2C(=O)OC)c(O)c1. The summed E-state index contributed by atoms with van der Waals surface area (Å²) in [4.78, 5) is 24.3. The number of phenolic OH excluding ortho intramolecular Hbond substituents is 1. The number of methoxy groups -OCH3 is 1. The number of aromatic hydroxyl groups is 1. The first-order valence-electron chi connectivity index (χ1n) is 6.87. The van der Waals surface area contributed by atoms with Crippen molar-refractivity contribution in [3.8, 4) is 5.75 Å². The molecule has 5 heteroatoms. The Morgan fingerprint density at radius 3 is 2.36 bits per heavy atom. The van der Waals surface area contributed by atoms with E-state index in [2.05, 4.69) is 10.1 Å². The second-order valence-electron chi connectivity index (χ2n) is 4.63. The van der Waals surface area contributed by atoms with E-state index in [1.807, 2.05) is 6.92 Å². The average molecular weight is 299 g/mol. The molecule has 0 heterocycles. The average Bonchev–Trinajstić information content (AvgIpc) is 2.54. The van der Waals surface area contributed by atoms with Crippen LogP contribution in [0.3, 0.4) is 0 Å². The molecule has 0 aliphatic heterocycles. The fraction of sp³-hybridized carbons (Fsp3) is 0.176. The number of hydrogen-bond acceptors (Lipinski definition) is 5. The number of anilines is 1. The largest absolute Gasteiger partial charge is 0.507 e. The van der Waals surface area contributed by atoms with Crippen LogP contribution in [0.1, 0.15) is 33.2 Å². The number of nitrogens with one attached hydrogen (secondary N) is 1. The molecular weight excluding hydrogens is 282 g/mol. The molecule has 22 heavy (non-hydrogen) atoms. The highest BCUT2D eigenvalue weighted by Gasteiger charge is 2.20. The Labute approximate surface area is 128 Å². The molecule has 0 amide bonds. The second kappa shape index (κ2) is 6.76. The van der Waals surface area contributed by atoms with Gasteiger partial charge in [0.2, 0.25) is 0 Å². The molecule has 0 spiro atoms. The van der Waals surface area contributed by atoms with Gasteiger partial charge in [0.1, 0.15) is 5.75 Å². The van der Waals surface area contributed by atoms with Gasteiger partial charge in [0.25, 0.3) is 0 Å². The normalized spacial score (nSPS) is 10.1. The van der Waals surface area contributed by atoms with Gasteiger partial charge in [0.15, 0.2) is 5.78 Å². The zero-order chi connectivity index (χ0) is 16.1. The summed E-state index contributed by atoms with van der Waals surface area (Å²) in [5.41, 5.74) is 1.22. The van der Waals surface area contributed by atoms with Crippen molar-refractivity contribution in [2.24, 2.45) is 0 Å². The monoisotopic (exact) mass is 299 g/mol. The first-order valence-corrected chi connectivity index (χ1v) is 6.87. The number of rotatable bonds is 5. The molecule has 0 atom stereocenters. The molecule has 0 saturated heterocycles. The maximum Gasteiger partial charge on any atom is 0.338 e. The van der Waals surface area contributed by atoms with Crippen molar-refractivity contribution in [1.82, 2.24) is 0 Å². The number of carbonyl (C=O) groups is 2. The van der Waals surface area contributed by atoms with Crippen molar-refractivity contribution in [3.05, 3.63) is 59.2 Å². The van der Waals surface area contributed by atoms with E-state index in [1.165, 1.54) is 31.4 Å². The van der Waals surface area contributed by atoms with Crippen molar-refractivity contribution >= 4 is 17.4 Å². The molecule has 114 valence electrons. The first kappa shape index (κ1) is 15.6. The minimum Gasteiger partial charge on any atom is -0.507 e. The van der Waals surface area contributed by atoms with Crippen LogP contribution in [0.2, 0.25) is 0 Å². The summed E-state index contributed by atoms with van der Waals surface area (Å²) in [7, 11) is 1.26. The van der Waals surface area contributed by atoms with E-state index in [1.54, 1.807) is 18.2 Å². The molecule has 2 N–H and O–H groups in total. The van der Waals surface area contributed by atoms with Gasteiger partial charge in [-0.15, -0.1) is 0 Å². The standard InChI is InChI=1S/C17H17NO4/c1-3-18-11-8-9-14(15(19)10-11)16(20)12-6-4-5-7-13(12)17(21)22-2/h4-10,18-19H,3H2,1-2H3. The van der Waals surface area contributed by atoms with Gasteiger partial charge in [-0.1, -0.05) is 18.2 Å². The van der Waals surface area contributed by atoms with Gasteiger partial charge in [-0.05, 0) is 25.1 Å². The highest BCUT2D eigenvalue weighted by Crippen LogP contribution is 2.25. The maximum atomic E-state index is 12.6. The van der Waals surface area contributed by atoms with Gasteiger partial charge < -0.3 is 15.2 Å². The van der Waals surface area contributed by atoms with E-state index >= 15 is 0 Å². The Bertz CT molecular complexity index is 710. The Morgan fingerprint density at radius 1 is 1.09 bits per heavy atom. The fourth-order valence-electron chi connectivity index (χ4n) is 2.15. The summed E-state index contributed by atoms with van der Waals surface area (Å²) in [6.07, 6.45) is 0. The molecule has 0 aliphatic carbocycles. The van der Waals surface area contributed by atoms with E-state index < -0.39 is 11.8 Å². The minimum atomic E-state index is -0.590. The topological polar surface area (TPSA) is 75.6 Å². The number of benzene rings is 2. The highest BCUT2D eigenvalue weighted by molar-refractivity contribution is 6.15. The lowest BCUT2D eigenvalue weighted by Gasteiger charge is -2.10. The summed E-state index contributed by atoms with van der Waals surface area (Å²) >= 11 is 0. The van der Waals surface area contributed by atoms with Crippen LogP contribution in [0.5, 0.6) is 5.75 Å². The molecule has 2 aromatic rings. The number of esters is 1. The van der Waals surface area contributed by atoms with E-state index in [0.29, 0.717) is 6.54 Å². The number of ether oxygens (including phenoxy) is 1. The van der Waals surface area contributed by atoms with Crippen molar-refractivity contribution in [3.63, 3.8) is 0 Å². The van der Waals surface area contributed by atoms with Crippen molar-refractivity contribution in [2.75, 3.05) is 19.0 Å². The molecule has 0 unspecified atom stereocenters. The molecule has 0 aromatic heterocycles. The third-order valence-corrected chi connectivity index (χ3v) is 3.20. The fourth-order valence-corrected chi connectivity index (χ4v) is 2.15. The summed E-state index contributed by atoms with van der Waals surface area (Å²) in [6.45, 7) is 2.64. The molecular formula is C17H17NO4. The van der Waals surface area contributed by atoms with Crippen LogP contribution in [0, 0.1) is 0 Å². The lowest BCUT2D eigenvalue weighted by atomic mass is 9.97. The highest BCUT2D eigenvalue weighted by atomic mass is 16.5. The molecule has 0 bridgehead atoms. The van der Waals surface area contributed by atoms with Crippen LogP contribution >= 0.6 is 0 Å². The van der Waals surface area contributed by atoms with Crippen LogP contribution in [-0.2, 0) is 4.74 Å². The third-order valence-electron chi connectivity index (χ3n) is 3.20. The van der Waals surface area contributed by atoms with Crippen LogP contribution in [0.15, 0.2) is 42.5 Å². The smallest absolute Gasteiger partial charge is 0.338 e. The van der Waals surface area contributed by atoms with Gasteiger partial charge in [0.05, 0.1) is 18.2 Å². The molecule has 2 rings (SSSR count). The van der Waals surface area contributed by atoms with E-state index in [9.17, 15) is 14.7 Å². The molecule has 2 aromatic carbocycles. The predicted octanol–water partition coefficient (Wildman–Crippen LogP) is 2.84. The Hall–Kier alpha value is -2.82. The second-order valence-corrected chi connectivity index (χ2v) is 4.63. The maximum absolute atomic E-state index is 12.6. The van der Waals surface area contributed by atoms with Gasteiger partial charge in [0, 0.05) is 23.9 Å². The van der Waals surface area contributed by atoms with E-state index in [-0.39, 0.29) is 22.4 Å². The van der Waals surface area contributed by atoms with Gasteiger partial charge in [-0.2, -0.15) is 0 Å². The van der Waals surface area contributed by atoms with E-state index in [0.717, 1.165) is 5.69 Å². The van der Waals surface area contributed by atoms with Crippen LogP contribution in [-0.4, -0.2) is 30.5 Å². The zero-order valence-corrected chi connectivity index (χ0v) is 12.4. The summed E-state index contributed by atoms with van der Waals surface area (Å²) < 4.78 is 4.68. The molecule has 0 aliphatic rings. The number of ketones is 1. The van der Waals surface area contributed by atoms with Gasteiger partial charge in [-0.25, -0.2) is 4.79 Å². The Morgan fingerprint density at radius 2 is 1.77 bits per heavy atom. The number of carbonyl (C=O) groups excluding carboxylic acids is 2. The van der Waals surface area contributed by atoms with Crippen LogP contribution in [0.4, 0.5) is 5.69 Å². The third kappa shape index (κ3) is 3.09. The van der Waals surface area contributed by atoms with Crippen molar-refractivity contribution in [2.45, 2.75) is 6.92 Å². The summed E-state index contributed by atoms with van der Waals surface area (Å²) in [5.74, 6) is -1.16. The molecule has 0 saturated carbocycles. The zero-order valence-electron chi connectivity index (χ0n) is 12.4. The van der Waals surface area contributed by atoms with Crippen LogP contribution < -0.4 is 5.32 Å². The van der Waals surface area contributed by atoms with Crippen molar-refractivity contribution < 1.29 is 19.4 Å². The molecule has 5 nitrogen and oxygen atoms in total. The molecule has 0 fully saturated rings. The Balaban J connectivity index is 2.43. The van der Waals surface area contributed by atoms with Crippen LogP contribution in [0.25, 0.3) is 0 Å². The lowest BCUT2D eigenvalue weighted by Crippen LogP contribution is -2.11. The van der Waals surface area contributed by atoms with Gasteiger partial charge >= 0.3 is 5.97 Å². The van der Waals surface area contributed by atoms with E-state index in [4.69, 9.17) is 0 Å². The molecule has 0 radical (unpaired) electrons. The minimum absolute atomic E-state index is 0.136. The Kier molecular flexibility index (Phi) is 4.78. The predicted molar refractivity (Wildman–Crippen MR) is 83.5 cm³/mol. The summed E-state index contributed by atoms with van der Waals surface area (Å²) in [5, 5.41) is 13.1. The van der Waals surface area contributed by atoms with Crippen molar-refractivity contribution in [1.29, 1.82) is 0 Å². The lowest BCUT2D eigenvalue weighted by molar-refractivity contribution is 0.0597. The number of hydrogen-bond donors (Lipinski definition) is 2. The first-order chi connectivity index (χ1) is 10.6. The quantitative estimate of drug-likeness (QED) is 0.656. The summed E-state index contributed by atoms with van der Waals surface area (Å²) in [6, 6.07) is 11.1. The number of phenols is 1.